The summed E-state index contributed by atoms with van der Waals surface area (Å²) >= 11 is 5.61. The van der Waals surface area contributed by atoms with Crippen LogP contribution in [-0.4, -0.2) is 25.4 Å². The third-order valence-electron chi connectivity index (χ3n) is 4.51. The van der Waals surface area contributed by atoms with Gasteiger partial charge in [0.1, 0.15) is 11.8 Å². The number of anilines is 2. The Hall–Kier alpha value is -3.24. The number of carbonyl (C=O) groups excluding carboxylic acids is 1. The van der Waals surface area contributed by atoms with Crippen LogP contribution in [0.3, 0.4) is 0 Å². The Kier molecular flexibility index (Phi) is 6.95. The molecule has 0 saturated heterocycles. The van der Waals surface area contributed by atoms with E-state index >= 15 is 0 Å². The molecule has 0 aliphatic carbocycles. The van der Waals surface area contributed by atoms with Crippen molar-refractivity contribution in [3.8, 4) is 16.9 Å². The van der Waals surface area contributed by atoms with Crippen molar-refractivity contribution >= 4 is 39.8 Å². The molecule has 0 spiro atoms. The number of nitrogens with one attached hydrogen (secondary N) is 1. The van der Waals surface area contributed by atoms with Crippen molar-refractivity contribution in [1.29, 1.82) is 0 Å². The Morgan fingerprint density at radius 2 is 1.53 bits per heavy atom. The van der Waals surface area contributed by atoms with E-state index in [2.05, 4.69) is 5.32 Å². The number of nitrogens with zero attached hydrogens (tertiary/aromatic N) is 1. The lowest BCUT2D eigenvalue weighted by Crippen LogP contribution is -2.19. The van der Waals surface area contributed by atoms with Gasteiger partial charge >= 0.3 is 6.18 Å². The van der Waals surface area contributed by atoms with Crippen LogP contribution in [-0.2, 0) is 17.1 Å². The van der Waals surface area contributed by atoms with Crippen LogP contribution in [0.15, 0.2) is 66.7 Å². The smallest absolute Gasteiger partial charge is 0.416 e. The van der Waals surface area contributed by atoms with E-state index in [0.717, 1.165) is 16.4 Å². The van der Waals surface area contributed by atoms with Crippen LogP contribution in [0.5, 0.6) is 5.75 Å². The monoisotopic (exact) mass is 484 g/mol. The number of phenols is 1. The lowest BCUT2D eigenvalue weighted by atomic mass is 10.0. The summed E-state index contributed by atoms with van der Waals surface area (Å²) in [6.07, 6.45) is -4.42. The zero-order valence-corrected chi connectivity index (χ0v) is 17.8. The highest BCUT2D eigenvalue weighted by atomic mass is 35.5. The second-order valence-electron chi connectivity index (χ2n) is 6.57. The number of phenolic OH excluding ortho intramolecular Hbond substituents is 1. The number of benzene rings is 3. The van der Waals surface area contributed by atoms with E-state index in [4.69, 9.17) is 11.6 Å². The van der Waals surface area contributed by atoms with Gasteiger partial charge in [-0.2, -0.15) is 13.2 Å². The Balaban J connectivity index is 1.77. The molecular weight excluding hydrogens is 469 g/mol. The van der Waals surface area contributed by atoms with E-state index in [1.165, 1.54) is 42.5 Å². The van der Waals surface area contributed by atoms with Gasteiger partial charge in [0.2, 0.25) is 10.9 Å². The van der Waals surface area contributed by atoms with E-state index in [9.17, 15) is 31.5 Å². The molecule has 168 valence electrons. The molecule has 0 fully saturated rings. The summed E-state index contributed by atoms with van der Waals surface area (Å²) in [5, 5.41) is 12.5. The lowest BCUT2D eigenvalue weighted by Gasteiger charge is -2.17. The van der Waals surface area contributed by atoms with Gasteiger partial charge in [0.25, 0.3) is 5.91 Å². The highest BCUT2D eigenvalue weighted by molar-refractivity contribution is 7.74. The molecule has 0 bridgehead atoms. The molecule has 0 aromatic heterocycles. The standard InChI is InChI=1S/C21H16ClF3N2O4S/c22-12-27(32(30)31)18-11-17(9-10-19(18)28)26-20(29)15-3-1-13(2-4-15)14-5-7-16(8-6-14)21(23,24)25/h1-11,28,32H,12H2,(H,26,29). The highest BCUT2D eigenvalue weighted by Gasteiger charge is 2.29. The topological polar surface area (TPSA) is 86.7 Å². The first-order valence-electron chi connectivity index (χ1n) is 9.00. The summed E-state index contributed by atoms with van der Waals surface area (Å²) in [7, 11) is -3.10. The Labute approximate surface area is 187 Å². The fourth-order valence-corrected chi connectivity index (χ4v) is 3.69. The van der Waals surface area contributed by atoms with E-state index in [1.54, 1.807) is 12.1 Å². The molecule has 3 rings (SSSR count). The van der Waals surface area contributed by atoms with E-state index in [0.29, 0.717) is 11.1 Å². The fourth-order valence-electron chi connectivity index (χ4n) is 2.87. The minimum atomic E-state index is -4.42. The maximum absolute atomic E-state index is 12.7. The van der Waals surface area contributed by atoms with E-state index < -0.39 is 34.5 Å². The summed E-state index contributed by atoms with van der Waals surface area (Å²) in [6, 6.07) is 14.3. The molecule has 2 N–H and O–H groups in total. The molecule has 0 saturated carbocycles. The first-order chi connectivity index (χ1) is 15.1. The minimum Gasteiger partial charge on any atom is -0.506 e. The molecule has 0 aliphatic rings. The summed E-state index contributed by atoms with van der Waals surface area (Å²) in [4.78, 5) is 12.5. The zero-order valence-electron chi connectivity index (χ0n) is 16.1. The maximum Gasteiger partial charge on any atom is 0.416 e. The predicted molar refractivity (Wildman–Crippen MR) is 116 cm³/mol. The second kappa shape index (κ2) is 9.49. The van der Waals surface area contributed by atoms with Gasteiger partial charge in [0.15, 0.2) is 0 Å². The number of hydrogen-bond donors (Lipinski definition) is 3. The SMILES string of the molecule is O=C(Nc1ccc(O)c(N(CCl)[SH](=O)=O)c1)c1ccc(-c2ccc(C(F)(F)F)cc2)cc1. The summed E-state index contributed by atoms with van der Waals surface area (Å²) in [5.41, 5.74) is 0.826. The summed E-state index contributed by atoms with van der Waals surface area (Å²) < 4.78 is 61.4. The third kappa shape index (κ3) is 5.32. The van der Waals surface area contributed by atoms with Crippen molar-refractivity contribution in [2.45, 2.75) is 6.18 Å². The number of amides is 1. The minimum absolute atomic E-state index is 0.0911. The quantitative estimate of drug-likeness (QED) is 0.202. The molecule has 3 aromatic carbocycles. The second-order valence-corrected chi connectivity index (χ2v) is 7.76. The molecule has 0 unspecified atom stereocenters. The largest absolute Gasteiger partial charge is 0.506 e. The first kappa shape index (κ1) is 23.4. The average Bonchev–Trinajstić information content (AvgIpc) is 2.76. The number of thiol groups is 1. The number of alkyl halides is 4. The van der Waals surface area contributed by atoms with Crippen LogP contribution in [0.1, 0.15) is 15.9 Å². The van der Waals surface area contributed by atoms with Crippen molar-refractivity contribution in [1.82, 2.24) is 0 Å². The maximum atomic E-state index is 12.7. The molecule has 1 amide bonds. The normalized spacial score (nSPS) is 11.4. The van der Waals surface area contributed by atoms with Gasteiger partial charge in [-0.25, -0.2) is 8.42 Å². The predicted octanol–water partition coefficient (Wildman–Crippen LogP) is 4.86. The van der Waals surface area contributed by atoms with Crippen molar-refractivity contribution < 1.29 is 31.5 Å². The molecule has 11 heteroatoms. The molecule has 0 heterocycles. The Morgan fingerprint density at radius 1 is 0.969 bits per heavy atom. The van der Waals surface area contributed by atoms with Crippen LogP contribution in [0, 0.1) is 0 Å². The van der Waals surface area contributed by atoms with E-state index in [-0.39, 0.29) is 22.7 Å². The summed E-state index contributed by atoms with van der Waals surface area (Å²) in [6.45, 7) is 0. The van der Waals surface area contributed by atoms with Gasteiger partial charge in [-0.15, -0.1) is 11.6 Å². The van der Waals surface area contributed by atoms with E-state index in [1.807, 2.05) is 0 Å². The van der Waals surface area contributed by atoms with Gasteiger partial charge < -0.3 is 10.4 Å². The fraction of sp³-hybridized carbons (Fsp3) is 0.0952. The molecule has 3 aromatic rings. The average molecular weight is 485 g/mol. The van der Waals surface area contributed by atoms with Crippen LogP contribution in [0.25, 0.3) is 11.1 Å². The molecule has 0 radical (unpaired) electrons. The number of carbonyl (C=O) groups is 1. The highest BCUT2D eigenvalue weighted by Crippen LogP contribution is 2.32. The number of rotatable bonds is 6. The number of aromatic hydroxyl groups is 1. The van der Waals surface area contributed by atoms with Gasteiger partial charge in [0.05, 0.1) is 11.3 Å². The Morgan fingerprint density at radius 3 is 2.03 bits per heavy atom. The lowest BCUT2D eigenvalue weighted by molar-refractivity contribution is -0.137. The zero-order chi connectivity index (χ0) is 23.5. The van der Waals surface area contributed by atoms with Crippen LogP contribution in [0.2, 0.25) is 0 Å². The number of halogens is 4. The Bertz CT molecular complexity index is 1190. The summed E-state index contributed by atoms with van der Waals surface area (Å²) in [5.74, 6) is -0.840. The van der Waals surface area contributed by atoms with Crippen LogP contribution < -0.4 is 9.62 Å². The van der Waals surface area contributed by atoms with Gasteiger partial charge in [-0.3, -0.25) is 9.10 Å². The molecule has 0 aliphatic heterocycles. The van der Waals surface area contributed by atoms with Crippen LogP contribution in [0.4, 0.5) is 24.5 Å². The third-order valence-corrected chi connectivity index (χ3v) is 5.67. The molecule has 6 nitrogen and oxygen atoms in total. The molecule has 0 atom stereocenters. The van der Waals surface area contributed by atoms with Crippen molar-refractivity contribution in [3.05, 3.63) is 77.9 Å². The van der Waals surface area contributed by atoms with Crippen LogP contribution >= 0.6 is 11.6 Å². The van der Waals surface area contributed by atoms with Crippen molar-refractivity contribution in [2.24, 2.45) is 0 Å². The molecule has 32 heavy (non-hydrogen) atoms. The number of hydrogen-bond acceptors (Lipinski definition) is 4. The first-order valence-corrected chi connectivity index (χ1v) is 10.7. The van der Waals surface area contributed by atoms with Crippen molar-refractivity contribution in [3.63, 3.8) is 0 Å². The van der Waals surface area contributed by atoms with Gasteiger partial charge in [-0.05, 0) is 53.6 Å². The molecular formula is C21H16ClF3N2O4S. The van der Waals surface area contributed by atoms with Gasteiger partial charge in [-0.1, -0.05) is 24.3 Å². The van der Waals surface area contributed by atoms with Gasteiger partial charge in [0, 0.05) is 11.3 Å². The van der Waals surface area contributed by atoms with Crippen molar-refractivity contribution in [2.75, 3.05) is 15.6 Å².